The summed E-state index contributed by atoms with van der Waals surface area (Å²) in [6.45, 7) is -2.93. The number of halogens is 3. The molecule has 0 saturated heterocycles. The lowest BCUT2D eigenvalue weighted by Crippen LogP contribution is -2.02. The maximum atomic E-state index is 12.2. The van der Waals surface area contributed by atoms with E-state index in [0.717, 1.165) is 0 Å². The van der Waals surface area contributed by atoms with Gasteiger partial charge in [-0.1, -0.05) is 0 Å². The molecule has 3 rings (SSSR count). The smallest absolute Gasteiger partial charge is 0.387 e. The summed E-state index contributed by atoms with van der Waals surface area (Å²) in [5.41, 5.74) is 0.867. The van der Waals surface area contributed by atoms with Crippen LogP contribution < -0.4 is 4.74 Å². The molecule has 1 heterocycles. The Morgan fingerprint density at radius 3 is 2.48 bits per heavy atom. The molecule has 148 valence electrons. The fourth-order valence-corrected chi connectivity index (χ4v) is 3.02. The van der Waals surface area contributed by atoms with E-state index in [1.165, 1.54) is 48.6 Å². The van der Waals surface area contributed by atoms with Crippen LogP contribution in [0, 0.1) is 10.1 Å². The van der Waals surface area contributed by atoms with Crippen molar-refractivity contribution in [1.82, 2.24) is 0 Å². The van der Waals surface area contributed by atoms with Gasteiger partial charge >= 0.3 is 6.61 Å². The number of carbonyl (C=O) groups is 1. The lowest BCUT2D eigenvalue weighted by atomic mass is 10.1. The van der Waals surface area contributed by atoms with Crippen LogP contribution in [0.4, 0.5) is 14.5 Å². The first-order valence-corrected chi connectivity index (χ1v) is 8.94. The van der Waals surface area contributed by atoms with Crippen molar-refractivity contribution in [3.63, 3.8) is 0 Å². The van der Waals surface area contributed by atoms with Crippen LogP contribution in [0.15, 0.2) is 69.6 Å². The van der Waals surface area contributed by atoms with E-state index in [-0.39, 0.29) is 17.2 Å². The molecule has 0 aliphatic heterocycles. The number of hydrogen-bond donors (Lipinski definition) is 0. The predicted molar refractivity (Wildman–Crippen MR) is 105 cm³/mol. The zero-order chi connectivity index (χ0) is 21.0. The number of rotatable bonds is 7. The highest BCUT2D eigenvalue weighted by molar-refractivity contribution is 9.10. The van der Waals surface area contributed by atoms with Gasteiger partial charge in [-0.05, 0) is 70.5 Å². The van der Waals surface area contributed by atoms with E-state index < -0.39 is 11.5 Å². The number of ketones is 1. The Balaban J connectivity index is 1.72. The average Bonchev–Trinajstić information content (AvgIpc) is 3.14. The van der Waals surface area contributed by atoms with Gasteiger partial charge in [-0.3, -0.25) is 14.9 Å². The van der Waals surface area contributed by atoms with Gasteiger partial charge in [-0.2, -0.15) is 8.78 Å². The summed E-state index contributed by atoms with van der Waals surface area (Å²) in [7, 11) is 0. The van der Waals surface area contributed by atoms with Gasteiger partial charge in [0.15, 0.2) is 5.78 Å². The quantitative estimate of drug-likeness (QED) is 0.182. The van der Waals surface area contributed by atoms with Crippen molar-refractivity contribution in [3.05, 3.63) is 86.6 Å². The van der Waals surface area contributed by atoms with E-state index in [1.807, 2.05) is 0 Å². The summed E-state index contributed by atoms with van der Waals surface area (Å²) in [5.74, 6) is 0.483. The van der Waals surface area contributed by atoms with Crippen LogP contribution in [-0.4, -0.2) is 17.3 Å². The molecule has 0 aliphatic carbocycles. The summed E-state index contributed by atoms with van der Waals surface area (Å²) in [6.07, 6.45) is 2.76. The van der Waals surface area contributed by atoms with Crippen LogP contribution in [0.1, 0.15) is 16.1 Å². The van der Waals surface area contributed by atoms with Crippen LogP contribution >= 0.6 is 15.9 Å². The molecule has 0 bridgehead atoms. The Kier molecular flexibility index (Phi) is 6.18. The minimum atomic E-state index is -2.93. The minimum Gasteiger partial charge on any atom is -0.457 e. The van der Waals surface area contributed by atoms with Gasteiger partial charge in [0.2, 0.25) is 0 Å². The molecular weight excluding hydrogens is 452 g/mol. The number of benzene rings is 2. The highest BCUT2D eigenvalue weighted by Gasteiger charge is 2.13. The summed E-state index contributed by atoms with van der Waals surface area (Å²) < 4.78 is 34.7. The normalized spacial score (nSPS) is 11.2. The molecule has 1 aromatic heterocycles. The number of carbonyl (C=O) groups excluding carboxylic acids is 1. The topological polar surface area (TPSA) is 82.6 Å². The molecule has 0 aliphatic rings. The molecule has 0 N–H and O–H groups in total. The third-order valence-corrected chi connectivity index (χ3v) is 4.47. The maximum Gasteiger partial charge on any atom is 0.387 e. The number of nitro groups is 1. The van der Waals surface area contributed by atoms with Crippen molar-refractivity contribution >= 4 is 33.5 Å². The highest BCUT2D eigenvalue weighted by atomic mass is 79.9. The van der Waals surface area contributed by atoms with Gasteiger partial charge in [0.1, 0.15) is 17.3 Å². The molecule has 0 spiro atoms. The Morgan fingerprint density at radius 2 is 1.86 bits per heavy atom. The van der Waals surface area contributed by atoms with Crippen molar-refractivity contribution in [2.45, 2.75) is 6.61 Å². The van der Waals surface area contributed by atoms with E-state index in [2.05, 4.69) is 20.7 Å². The van der Waals surface area contributed by atoms with Crippen LogP contribution in [0.5, 0.6) is 5.75 Å². The van der Waals surface area contributed by atoms with E-state index in [4.69, 9.17) is 4.42 Å². The molecule has 3 aromatic rings. The third kappa shape index (κ3) is 5.14. The number of alkyl halides is 2. The lowest BCUT2D eigenvalue weighted by molar-refractivity contribution is -0.384. The van der Waals surface area contributed by atoms with Crippen molar-refractivity contribution < 1.29 is 27.7 Å². The Bertz CT molecular complexity index is 1080. The number of nitro benzene ring substituents is 1. The first-order valence-electron chi connectivity index (χ1n) is 8.15. The van der Waals surface area contributed by atoms with E-state index in [1.54, 1.807) is 18.2 Å². The maximum absolute atomic E-state index is 12.2. The minimum absolute atomic E-state index is 0.0371. The highest BCUT2D eigenvalue weighted by Crippen LogP contribution is 2.32. The van der Waals surface area contributed by atoms with Crippen LogP contribution in [0.3, 0.4) is 0 Å². The van der Waals surface area contributed by atoms with Crippen LogP contribution in [0.25, 0.3) is 17.4 Å². The van der Waals surface area contributed by atoms with Crippen molar-refractivity contribution in [3.8, 4) is 17.1 Å². The third-order valence-electron chi connectivity index (χ3n) is 3.82. The predicted octanol–water partition coefficient (Wildman–Crippen LogP) is 6.11. The fraction of sp³-hybridized carbons (Fsp3) is 0.0500. The molecule has 0 amide bonds. The second-order valence-corrected chi connectivity index (χ2v) is 6.58. The molecule has 0 fully saturated rings. The van der Waals surface area contributed by atoms with Gasteiger partial charge in [0.25, 0.3) is 5.69 Å². The molecule has 9 heteroatoms. The zero-order valence-corrected chi connectivity index (χ0v) is 16.1. The molecule has 29 heavy (non-hydrogen) atoms. The lowest BCUT2D eigenvalue weighted by Gasteiger charge is -2.04. The first kappa shape index (κ1) is 20.4. The Morgan fingerprint density at radius 1 is 1.14 bits per heavy atom. The number of nitrogens with zero attached hydrogens (tertiary/aromatic N) is 1. The van der Waals surface area contributed by atoms with E-state index in [0.29, 0.717) is 27.1 Å². The molecule has 0 unspecified atom stereocenters. The second-order valence-electron chi connectivity index (χ2n) is 5.72. The monoisotopic (exact) mass is 463 g/mol. The molecule has 6 nitrogen and oxygen atoms in total. The average molecular weight is 464 g/mol. The summed E-state index contributed by atoms with van der Waals surface area (Å²) >= 11 is 3.28. The molecular formula is C20H12BrF2NO5. The fourth-order valence-electron chi connectivity index (χ4n) is 2.46. The largest absolute Gasteiger partial charge is 0.457 e. The molecule has 0 saturated carbocycles. The van der Waals surface area contributed by atoms with Gasteiger partial charge in [-0.25, -0.2) is 0 Å². The van der Waals surface area contributed by atoms with E-state index in [9.17, 15) is 23.7 Å². The molecule has 2 aromatic carbocycles. The number of non-ortho nitro benzene ring substituents is 1. The number of ether oxygens (including phenoxy) is 1. The summed E-state index contributed by atoms with van der Waals surface area (Å²) in [6, 6.07) is 12.9. The number of allylic oxidation sites excluding steroid dienone is 1. The van der Waals surface area contributed by atoms with Crippen molar-refractivity contribution in [1.29, 1.82) is 0 Å². The number of furan rings is 1. The van der Waals surface area contributed by atoms with Gasteiger partial charge in [0.05, 0.1) is 4.92 Å². The van der Waals surface area contributed by atoms with Crippen molar-refractivity contribution in [2.24, 2.45) is 0 Å². The summed E-state index contributed by atoms with van der Waals surface area (Å²) in [4.78, 5) is 22.5. The zero-order valence-electron chi connectivity index (χ0n) is 14.6. The molecule has 0 atom stereocenters. The van der Waals surface area contributed by atoms with Gasteiger partial charge < -0.3 is 9.15 Å². The van der Waals surface area contributed by atoms with Crippen LogP contribution in [0.2, 0.25) is 0 Å². The van der Waals surface area contributed by atoms with Gasteiger partial charge in [0, 0.05) is 27.7 Å². The standard InChI is InChI=1S/C20H12BrF2NO5/c21-17-11-13(24(26)27)3-8-16(17)19-10-7-14(28-19)6-9-18(25)12-1-4-15(5-2-12)29-20(22)23/h1-11,20H. The summed E-state index contributed by atoms with van der Waals surface area (Å²) in [5, 5.41) is 10.8. The SMILES string of the molecule is O=C(C=Cc1ccc(-c2ccc([N+](=O)[O-])cc2Br)o1)c1ccc(OC(F)F)cc1. The Hall–Kier alpha value is -3.33. The second kappa shape index (κ2) is 8.78. The molecule has 0 radical (unpaired) electrons. The first-order chi connectivity index (χ1) is 13.8. The van der Waals surface area contributed by atoms with Crippen LogP contribution in [-0.2, 0) is 0 Å². The number of hydrogen-bond acceptors (Lipinski definition) is 5. The van der Waals surface area contributed by atoms with Crippen molar-refractivity contribution in [2.75, 3.05) is 0 Å². The Labute approximate surface area is 171 Å². The van der Waals surface area contributed by atoms with E-state index >= 15 is 0 Å². The van der Waals surface area contributed by atoms with Gasteiger partial charge in [-0.15, -0.1) is 0 Å².